The van der Waals surface area contributed by atoms with Gasteiger partial charge in [-0.25, -0.2) is 8.42 Å². The van der Waals surface area contributed by atoms with Gasteiger partial charge in [-0.15, -0.1) is 0 Å². The van der Waals surface area contributed by atoms with Crippen molar-refractivity contribution in [3.8, 4) is 5.75 Å². The van der Waals surface area contributed by atoms with E-state index in [1.165, 1.54) is 16.4 Å². The molecule has 1 fully saturated rings. The third kappa shape index (κ3) is 6.23. The monoisotopic (exact) mass is 463 g/mol. The van der Waals surface area contributed by atoms with Gasteiger partial charge in [-0.1, -0.05) is 13.0 Å². The molecule has 0 bridgehead atoms. The summed E-state index contributed by atoms with van der Waals surface area (Å²) in [5.41, 5.74) is 0.982. The first-order valence-electron chi connectivity index (χ1n) is 9.93. The first kappa shape index (κ1) is 23.1. The fourth-order valence-corrected chi connectivity index (χ4v) is 4.55. The standard InChI is InChI=1S/C21H25N3O5S2/c1-2-12-29-18-5-3-4-16(15-18)20(25)23-21(30)22-17-6-8-19(9-7-17)31(26,27)24-10-13-28-14-11-24/h3-9,15H,2,10-14H2,1H3,(H2,22,23,25,30). The van der Waals surface area contributed by atoms with Gasteiger partial charge < -0.3 is 14.8 Å². The van der Waals surface area contributed by atoms with Gasteiger partial charge in [0, 0.05) is 24.3 Å². The van der Waals surface area contributed by atoms with Crippen LogP contribution in [0.2, 0.25) is 0 Å². The highest BCUT2D eigenvalue weighted by molar-refractivity contribution is 7.89. The molecule has 3 rings (SSSR count). The number of benzene rings is 2. The summed E-state index contributed by atoms with van der Waals surface area (Å²) < 4.78 is 37.5. The van der Waals surface area contributed by atoms with E-state index < -0.39 is 10.0 Å². The molecule has 31 heavy (non-hydrogen) atoms. The highest BCUT2D eigenvalue weighted by Crippen LogP contribution is 2.19. The van der Waals surface area contributed by atoms with E-state index in [1.54, 1.807) is 36.4 Å². The SMILES string of the molecule is CCCOc1cccc(C(=O)NC(=S)Nc2ccc(S(=O)(=O)N3CCOCC3)cc2)c1. The third-order valence-corrected chi connectivity index (χ3v) is 6.63. The second-order valence-corrected chi connectivity index (χ2v) is 9.17. The van der Waals surface area contributed by atoms with Crippen molar-refractivity contribution in [3.63, 3.8) is 0 Å². The minimum Gasteiger partial charge on any atom is -0.494 e. The van der Waals surface area contributed by atoms with Crippen molar-refractivity contribution in [1.82, 2.24) is 9.62 Å². The number of nitrogens with zero attached hydrogens (tertiary/aromatic N) is 1. The molecular weight excluding hydrogens is 438 g/mol. The Kier molecular flexibility index (Phi) is 7.97. The molecule has 1 aliphatic heterocycles. The van der Waals surface area contributed by atoms with Gasteiger partial charge in [0.15, 0.2) is 5.11 Å². The van der Waals surface area contributed by atoms with E-state index >= 15 is 0 Å². The number of carbonyl (C=O) groups excluding carboxylic acids is 1. The second kappa shape index (κ2) is 10.7. The quantitative estimate of drug-likeness (QED) is 0.609. The summed E-state index contributed by atoms with van der Waals surface area (Å²) >= 11 is 5.21. The lowest BCUT2D eigenvalue weighted by atomic mass is 10.2. The molecule has 0 unspecified atom stereocenters. The molecular formula is C21H25N3O5S2. The average Bonchev–Trinajstić information content (AvgIpc) is 2.78. The lowest BCUT2D eigenvalue weighted by molar-refractivity contribution is 0.0730. The Labute approximate surface area is 187 Å². The molecule has 0 aromatic heterocycles. The number of morpholine rings is 1. The fourth-order valence-electron chi connectivity index (χ4n) is 2.93. The van der Waals surface area contributed by atoms with Crippen LogP contribution in [0.5, 0.6) is 5.75 Å². The van der Waals surface area contributed by atoms with Crippen LogP contribution in [0.1, 0.15) is 23.7 Å². The summed E-state index contributed by atoms with van der Waals surface area (Å²) in [6.45, 7) is 4.03. The largest absolute Gasteiger partial charge is 0.494 e. The van der Waals surface area contributed by atoms with Crippen LogP contribution in [0.15, 0.2) is 53.4 Å². The van der Waals surface area contributed by atoms with Crippen molar-refractivity contribution < 1.29 is 22.7 Å². The molecule has 2 N–H and O–H groups in total. The lowest BCUT2D eigenvalue weighted by Gasteiger charge is -2.26. The maximum absolute atomic E-state index is 12.7. The van der Waals surface area contributed by atoms with Crippen molar-refractivity contribution >= 4 is 38.9 Å². The van der Waals surface area contributed by atoms with Gasteiger partial charge >= 0.3 is 0 Å². The molecule has 8 nitrogen and oxygen atoms in total. The number of carbonyl (C=O) groups is 1. The van der Waals surface area contributed by atoms with E-state index in [-0.39, 0.29) is 15.9 Å². The van der Waals surface area contributed by atoms with Gasteiger partial charge in [0.1, 0.15) is 5.75 Å². The molecule has 1 saturated heterocycles. The molecule has 1 aliphatic rings. The second-order valence-electron chi connectivity index (χ2n) is 6.83. The number of ether oxygens (including phenoxy) is 2. The summed E-state index contributed by atoms with van der Waals surface area (Å²) in [4.78, 5) is 12.6. The minimum absolute atomic E-state index is 0.105. The zero-order valence-corrected chi connectivity index (χ0v) is 18.8. The Morgan fingerprint density at radius 1 is 1.16 bits per heavy atom. The minimum atomic E-state index is -3.56. The van der Waals surface area contributed by atoms with Crippen molar-refractivity contribution in [2.45, 2.75) is 18.2 Å². The molecule has 1 amide bonds. The van der Waals surface area contributed by atoms with Crippen molar-refractivity contribution in [2.75, 3.05) is 38.2 Å². The summed E-state index contributed by atoms with van der Waals surface area (Å²) in [5.74, 6) is 0.247. The molecule has 0 atom stereocenters. The van der Waals surface area contributed by atoms with Gasteiger partial charge in [0.25, 0.3) is 5.91 Å². The lowest BCUT2D eigenvalue weighted by Crippen LogP contribution is -2.40. The smallest absolute Gasteiger partial charge is 0.257 e. The van der Waals surface area contributed by atoms with E-state index in [4.69, 9.17) is 21.7 Å². The number of rotatable bonds is 7. The van der Waals surface area contributed by atoms with Crippen LogP contribution >= 0.6 is 12.2 Å². The van der Waals surface area contributed by atoms with Gasteiger partial charge in [0.05, 0.1) is 24.7 Å². The molecule has 166 valence electrons. The Morgan fingerprint density at radius 3 is 2.55 bits per heavy atom. The predicted octanol–water partition coefficient (Wildman–Crippen LogP) is 2.62. The number of hydrogen-bond acceptors (Lipinski definition) is 6. The Balaban J connectivity index is 1.59. The topological polar surface area (TPSA) is 97.0 Å². The van der Waals surface area contributed by atoms with Gasteiger partial charge in [0.2, 0.25) is 10.0 Å². The number of nitrogens with one attached hydrogen (secondary N) is 2. The van der Waals surface area contributed by atoms with Crippen LogP contribution in [0.3, 0.4) is 0 Å². The van der Waals surface area contributed by atoms with Gasteiger partial charge in [-0.3, -0.25) is 10.1 Å². The van der Waals surface area contributed by atoms with Crippen LogP contribution < -0.4 is 15.4 Å². The van der Waals surface area contributed by atoms with Gasteiger partial charge in [-0.2, -0.15) is 4.31 Å². The van der Waals surface area contributed by atoms with E-state index in [0.717, 1.165) is 6.42 Å². The number of thiocarbonyl (C=S) groups is 1. The first-order chi connectivity index (χ1) is 14.9. The van der Waals surface area contributed by atoms with E-state index in [1.807, 2.05) is 6.92 Å². The summed E-state index contributed by atoms with van der Waals surface area (Å²) in [6.07, 6.45) is 0.872. The molecule has 2 aromatic rings. The molecule has 1 heterocycles. The van der Waals surface area contributed by atoms with Crippen LogP contribution in [0.25, 0.3) is 0 Å². The predicted molar refractivity (Wildman–Crippen MR) is 122 cm³/mol. The summed E-state index contributed by atoms with van der Waals surface area (Å²) in [5, 5.41) is 5.60. The molecule has 0 saturated carbocycles. The Hall–Kier alpha value is -2.53. The maximum atomic E-state index is 12.7. The van der Waals surface area contributed by atoms with E-state index in [0.29, 0.717) is 49.9 Å². The summed E-state index contributed by atoms with van der Waals surface area (Å²) in [7, 11) is -3.56. The third-order valence-electron chi connectivity index (χ3n) is 4.52. The number of amides is 1. The molecule has 0 radical (unpaired) electrons. The van der Waals surface area contributed by atoms with Crippen molar-refractivity contribution in [3.05, 3.63) is 54.1 Å². The zero-order chi connectivity index (χ0) is 22.3. The van der Waals surface area contributed by atoms with Crippen LogP contribution in [-0.2, 0) is 14.8 Å². The molecule has 2 aromatic carbocycles. The number of hydrogen-bond donors (Lipinski definition) is 2. The molecule has 0 spiro atoms. The normalized spacial score (nSPS) is 14.6. The number of anilines is 1. The highest BCUT2D eigenvalue weighted by Gasteiger charge is 2.26. The first-order valence-corrected chi connectivity index (χ1v) is 11.8. The molecule has 0 aliphatic carbocycles. The average molecular weight is 464 g/mol. The van der Waals surface area contributed by atoms with Crippen molar-refractivity contribution in [1.29, 1.82) is 0 Å². The summed E-state index contributed by atoms with van der Waals surface area (Å²) in [6, 6.07) is 13.1. The Morgan fingerprint density at radius 2 is 1.87 bits per heavy atom. The highest BCUT2D eigenvalue weighted by atomic mass is 32.2. The van der Waals surface area contributed by atoms with Crippen molar-refractivity contribution in [2.24, 2.45) is 0 Å². The fraction of sp³-hybridized carbons (Fsp3) is 0.333. The van der Waals surface area contributed by atoms with E-state index in [9.17, 15) is 13.2 Å². The number of sulfonamides is 1. The van der Waals surface area contributed by atoms with Crippen LogP contribution in [0.4, 0.5) is 5.69 Å². The Bertz CT molecular complexity index is 1020. The van der Waals surface area contributed by atoms with Gasteiger partial charge in [-0.05, 0) is 61.1 Å². The van der Waals surface area contributed by atoms with E-state index in [2.05, 4.69) is 10.6 Å². The molecule has 10 heteroatoms. The maximum Gasteiger partial charge on any atom is 0.257 e. The zero-order valence-electron chi connectivity index (χ0n) is 17.2. The van der Waals surface area contributed by atoms with Crippen LogP contribution in [0, 0.1) is 0 Å². The van der Waals surface area contributed by atoms with Crippen LogP contribution in [-0.4, -0.2) is 56.7 Å².